The molecular formula is C20H18N4O3. The maximum Gasteiger partial charge on any atom is 0.359 e. The lowest BCUT2D eigenvalue weighted by Crippen LogP contribution is -2.09. The van der Waals surface area contributed by atoms with E-state index in [0.29, 0.717) is 18.0 Å². The smallest absolute Gasteiger partial charge is 0.359 e. The van der Waals surface area contributed by atoms with Crippen molar-refractivity contribution in [1.82, 2.24) is 14.4 Å². The summed E-state index contributed by atoms with van der Waals surface area (Å²) in [7, 11) is 0. The third kappa shape index (κ3) is 3.27. The molecule has 0 unspecified atom stereocenters. The number of fused-ring (bicyclic) bond motifs is 1. The molecule has 136 valence electrons. The highest BCUT2D eigenvalue weighted by atomic mass is 16.5. The maximum atomic E-state index is 12.4. The molecule has 0 amide bonds. The molecule has 0 aliphatic heterocycles. The average Bonchev–Trinajstić information content (AvgIpc) is 3.37. The molecule has 3 heterocycles. The summed E-state index contributed by atoms with van der Waals surface area (Å²) >= 11 is 0. The van der Waals surface area contributed by atoms with Crippen LogP contribution in [0.1, 0.15) is 23.2 Å². The first-order chi connectivity index (χ1) is 13.3. The predicted octanol–water partition coefficient (Wildman–Crippen LogP) is 3.78. The molecule has 1 aromatic carbocycles. The number of anilines is 1. The lowest BCUT2D eigenvalue weighted by molar-refractivity contribution is 0.0522. The molecule has 4 aromatic rings. The Labute approximate surface area is 155 Å². The third-order valence-corrected chi connectivity index (χ3v) is 4.12. The van der Waals surface area contributed by atoms with Gasteiger partial charge in [-0.1, -0.05) is 30.3 Å². The number of esters is 1. The Bertz CT molecular complexity index is 1060. The molecule has 0 saturated carbocycles. The zero-order chi connectivity index (χ0) is 18.6. The molecule has 3 aromatic heterocycles. The van der Waals surface area contributed by atoms with Gasteiger partial charge in [0, 0.05) is 11.8 Å². The standard InChI is InChI=1S/C20H18N4O3/c1-2-26-19(25)17-18-16(14-7-4-3-5-8-14)12-22-20(24(18)13-23-17)21-11-15-9-6-10-27-15/h3-10,12-13H,2,11H2,1H3,(H,21,22). The zero-order valence-electron chi connectivity index (χ0n) is 14.8. The second kappa shape index (κ2) is 7.33. The van der Waals surface area contributed by atoms with Crippen LogP contribution >= 0.6 is 0 Å². The van der Waals surface area contributed by atoms with Crippen molar-refractivity contribution in [2.45, 2.75) is 13.5 Å². The van der Waals surface area contributed by atoms with Crippen LogP contribution in [0.2, 0.25) is 0 Å². The Kier molecular flexibility index (Phi) is 4.57. The Hall–Kier alpha value is -3.61. The normalized spacial score (nSPS) is 10.9. The van der Waals surface area contributed by atoms with Gasteiger partial charge >= 0.3 is 5.97 Å². The van der Waals surface area contributed by atoms with Gasteiger partial charge < -0.3 is 14.5 Å². The Morgan fingerprint density at radius 3 is 2.78 bits per heavy atom. The zero-order valence-corrected chi connectivity index (χ0v) is 14.8. The summed E-state index contributed by atoms with van der Waals surface area (Å²) in [5.41, 5.74) is 2.66. The maximum absolute atomic E-state index is 12.4. The van der Waals surface area contributed by atoms with Gasteiger partial charge in [0.05, 0.1) is 24.9 Å². The monoisotopic (exact) mass is 362 g/mol. The lowest BCUT2D eigenvalue weighted by Gasteiger charge is -2.11. The summed E-state index contributed by atoms with van der Waals surface area (Å²) in [5.74, 6) is 0.882. The van der Waals surface area contributed by atoms with Crippen molar-refractivity contribution in [3.63, 3.8) is 0 Å². The van der Waals surface area contributed by atoms with Crippen LogP contribution < -0.4 is 5.32 Å². The van der Waals surface area contributed by atoms with E-state index in [0.717, 1.165) is 16.9 Å². The molecule has 27 heavy (non-hydrogen) atoms. The van der Waals surface area contributed by atoms with Gasteiger partial charge in [0.1, 0.15) is 12.1 Å². The molecule has 0 aliphatic carbocycles. The Morgan fingerprint density at radius 2 is 2.04 bits per heavy atom. The summed E-state index contributed by atoms with van der Waals surface area (Å²) in [6.07, 6.45) is 4.93. The topological polar surface area (TPSA) is 81.7 Å². The van der Waals surface area contributed by atoms with Gasteiger partial charge in [0.15, 0.2) is 5.69 Å². The second-order valence-corrected chi connectivity index (χ2v) is 5.83. The summed E-state index contributed by atoms with van der Waals surface area (Å²) in [6, 6.07) is 13.5. The van der Waals surface area contributed by atoms with Crippen molar-refractivity contribution in [3.05, 3.63) is 72.7 Å². The third-order valence-electron chi connectivity index (χ3n) is 4.12. The molecule has 0 spiro atoms. The molecular weight excluding hydrogens is 344 g/mol. The molecule has 0 saturated heterocycles. The van der Waals surface area contributed by atoms with E-state index >= 15 is 0 Å². The summed E-state index contributed by atoms with van der Waals surface area (Å²) < 4.78 is 12.3. The number of hydrogen-bond acceptors (Lipinski definition) is 6. The number of furan rings is 1. The second-order valence-electron chi connectivity index (χ2n) is 5.83. The number of rotatable bonds is 6. The van der Waals surface area contributed by atoms with E-state index in [1.807, 2.05) is 42.5 Å². The molecule has 4 rings (SSSR count). The number of benzene rings is 1. The molecule has 1 N–H and O–H groups in total. The van der Waals surface area contributed by atoms with E-state index in [4.69, 9.17) is 9.15 Å². The highest BCUT2D eigenvalue weighted by Gasteiger charge is 2.20. The first kappa shape index (κ1) is 16.8. The van der Waals surface area contributed by atoms with E-state index in [1.54, 1.807) is 30.1 Å². The van der Waals surface area contributed by atoms with Crippen molar-refractivity contribution >= 4 is 17.4 Å². The number of ether oxygens (including phenoxy) is 1. The minimum Gasteiger partial charge on any atom is -0.467 e. The van der Waals surface area contributed by atoms with E-state index in [1.165, 1.54) is 0 Å². The highest BCUT2D eigenvalue weighted by Crippen LogP contribution is 2.28. The van der Waals surface area contributed by atoms with Crippen molar-refractivity contribution < 1.29 is 13.9 Å². The minimum absolute atomic E-state index is 0.263. The number of hydrogen-bond donors (Lipinski definition) is 1. The van der Waals surface area contributed by atoms with E-state index in [2.05, 4.69) is 15.3 Å². The minimum atomic E-state index is -0.458. The van der Waals surface area contributed by atoms with Crippen molar-refractivity contribution in [2.24, 2.45) is 0 Å². The number of carbonyl (C=O) groups is 1. The summed E-state index contributed by atoms with van der Waals surface area (Å²) in [6.45, 7) is 2.52. The first-order valence-corrected chi connectivity index (χ1v) is 8.62. The van der Waals surface area contributed by atoms with Crippen LogP contribution in [-0.2, 0) is 11.3 Å². The SMILES string of the molecule is CCOC(=O)c1ncn2c(NCc3ccco3)ncc(-c3ccccc3)c12. The van der Waals surface area contributed by atoms with Gasteiger partial charge in [-0.05, 0) is 24.6 Å². The fourth-order valence-corrected chi connectivity index (χ4v) is 2.90. The van der Waals surface area contributed by atoms with Crippen LogP contribution in [0, 0.1) is 0 Å². The van der Waals surface area contributed by atoms with Gasteiger partial charge in [0.25, 0.3) is 0 Å². The quantitative estimate of drug-likeness (QED) is 0.526. The average molecular weight is 362 g/mol. The molecule has 0 bridgehead atoms. The number of nitrogens with zero attached hydrogens (tertiary/aromatic N) is 3. The highest BCUT2D eigenvalue weighted by molar-refractivity contribution is 6.00. The molecule has 7 heteroatoms. The molecule has 7 nitrogen and oxygen atoms in total. The van der Waals surface area contributed by atoms with Crippen LogP contribution in [0.15, 0.2) is 65.7 Å². The fraction of sp³-hybridized carbons (Fsp3) is 0.150. The lowest BCUT2D eigenvalue weighted by atomic mass is 10.1. The number of nitrogens with one attached hydrogen (secondary N) is 1. The van der Waals surface area contributed by atoms with Gasteiger partial charge in [-0.15, -0.1) is 0 Å². The summed E-state index contributed by atoms with van der Waals surface area (Å²) in [5, 5.41) is 3.22. The van der Waals surface area contributed by atoms with Crippen molar-refractivity contribution in [2.75, 3.05) is 11.9 Å². The van der Waals surface area contributed by atoms with E-state index in [9.17, 15) is 4.79 Å². The fourth-order valence-electron chi connectivity index (χ4n) is 2.90. The van der Waals surface area contributed by atoms with Gasteiger partial charge in [0.2, 0.25) is 5.95 Å². The van der Waals surface area contributed by atoms with Crippen LogP contribution in [-0.4, -0.2) is 26.9 Å². The molecule has 0 radical (unpaired) electrons. The Balaban J connectivity index is 1.82. The number of imidazole rings is 1. The van der Waals surface area contributed by atoms with Crippen molar-refractivity contribution in [3.8, 4) is 11.1 Å². The number of carbonyl (C=O) groups excluding carboxylic acids is 1. The van der Waals surface area contributed by atoms with E-state index < -0.39 is 5.97 Å². The number of aromatic nitrogens is 3. The Morgan fingerprint density at radius 1 is 1.19 bits per heavy atom. The predicted molar refractivity (Wildman–Crippen MR) is 100 cm³/mol. The molecule has 0 atom stereocenters. The van der Waals surface area contributed by atoms with Crippen LogP contribution in [0.3, 0.4) is 0 Å². The van der Waals surface area contributed by atoms with Crippen LogP contribution in [0.25, 0.3) is 16.6 Å². The van der Waals surface area contributed by atoms with Gasteiger partial charge in [-0.25, -0.2) is 14.8 Å². The largest absolute Gasteiger partial charge is 0.467 e. The molecule has 0 fully saturated rings. The van der Waals surface area contributed by atoms with Gasteiger partial charge in [-0.3, -0.25) is 4.40 Å². The first-order valence-electron chi connectivity index (χ1n) is 8.62. The van der Waals surface area contributed by atoms with E-state index in [-0.39, 0.29) is 12.3 Å². The summed E-state index contributed by atoms with van der Waals surface area (Å²) in [4.78, 5) is 21.2. The molecule has 0 aliphatic rings. The van der Waals surface area contributed by atoms with Gasteiger partial charge in [-0.2, -0.15) is 0 Å². The van der Waals surface area contributed by atoms with Crippen LogP contribution in [0.5, 0.6) is 0 Å². The van der Waals surface area contributed by atoms with Crippen LogP contribution in [0.4, 0.5) is 5.95 Å². The van der Waals surface area contributed by atoms with Crippen molar-refractivity contribution in [1.29, 1.82) is 0 Å².